The number of hydrogen-bond donors (Lipinski definition) is 2. The summed E-state index contributed by atoms with van der Waals surface area (Å²) in [6.45, 7) is 3.01. The van der Waals surface area contributed by atoms with E-state index in [1.54, 1.807) is 19.2 Å². The Morgan fingerprint density at radius 3 is 2.95 bits per heavy atom. The van der Waals surface area contributed by atoms with Crippen molar-refractivity contribution in [2.75, 3.05) is 18.9 Å². The van der Waals surface area contributed by atoms with Crippen LogP contribution < -0.4 is 10.6 Å². The maximum absolute atomic E-state index is 12.2. The van der Waals surface area contributed by atoms with Crippen LogP contribution in [-0.4, -0.2) is 24.5 Å². The molecule has 1 heterocycles. The van der Waals surface area contributed by atoms with E-state index in [0.717, 1.165) is 18.3 Å². The van der Waals surface area contributed by atoms with Crippen LogP contribution in [0.2, 0.25) is 5.02 Å². The lowest BCUT2D eigenvalue weighted by atomic mass is 9.81. The van der Waals surface area contributed by atoms with E-state index in [1.165, 1.54) is 25.7 Å². The minimum absolute atomic E-state index is 0.194. The number of amides is 1. The molecule has 2 rings (SSSR count). The van der Waals surface area contributed by atoms with E-state index in [9.17, 15) is 4.79 Å². The van der Waals surface area contributed by atoms with Gasteiger partial charge < -0.3 is 10.6 Å². The summed E-state index contributed by atoms with van der Waals surface area (Å²) in [5.74, 6) is 2.01. The third-order valence-corrected chi connectivity index (χ3v) is 4.51. The van der Waals surface area contributed by atoms with Crippen LogP contribution in [0, 0.1) is 11.8 Å². The molecular weight excluding hydrogens is 286 g/mol. The summed E-state index contributed by atoms with van der Waals surface area (Å²) in [7, 11) is 1.77. The average molecular weight is 310 g/mol. The molecule has 1 fully saturated rings. The molecule has 116 valence electrons. The van der Waals surface area contributed by atoms with Crippen LogP contribution in [0.25, 0.3) is 0 Å². The summed E-state index contributed by atoms with van der Waals surface area (Å²) in [6, 6.07) is 3.45. The Balaban J connectivity index is 1.84. The molecule has 2 N–H and O–H groups in total. The molecule has 0 aromatic carbocycles. The van der Waals surface area contributed by atoms with Gasteiger partial charge in [-0.2, -0.15) is 0 Å². The monoisotopic (exact) mass is 309 g/mol. The molecule has 1 aliphatic rings. The van der Waals surface area contributed by atoms with Gasteiger partial charge in [-0.1, -0.05) is 37.8 Å². The fourth-order valence-corrected chi connectivity index (χ4v) is 3.23. The smallest absolute Gasteiger partial charge is 0.271 e. The summed E-state index contributed by atoms with van der Waals surface area (Å²) in [5.41, 5.74) is 0.292. The lowest BCUT2D eigenvalue weighted by Gasteiger charge is -2.26. The maximum Gasteiger partial charge on any atom is 0.271 e. The third kappa shape index (κ3) is 4.60. The molecule has 0 spiro atoms. The predicted octanol–water partition coefficient (Wildman–Crippen LogP) is 3.72. The van der Waals surface area contributed by atoms with Crippen LogP contribution in [0.3, 0.4) is 0 Å². The molecule has 1 saturated carbocycles. The van der Waals surface area contributed by atoms with E-state index in [2.05, 4.69) is 22.5 Å². The SMILES string of the molecule is CNc1ccc(Cl)c(C(=O)NCCC2CCCC(C)C2)n1. The Morgan fingerprint density at radius 2 is 2.24 bits per heavy atom. The van der Waals surface area contributed by atoms with Crippen LogP contribution >= 0.6 is 11.6 Å². The van der Waals surface area contributed by atoms with Gasteiger partial charge in [-0.3, -0.25) is 4.79 Å². The van der Waals surface area contributed by atoms with Gasteiger partial charge in [0.05, 0.1) is 5.02 Å². The van der Waals surface area contributed by atoms with E-state index in [4.69, 9.17) is 11.6 Å². The highest BCUT2D eigenvalue weighted by molar-refractivity contribution is 6.33. The van der Waals surface area contributed by atoms with Crippen LogP contribution in [-0.2, 0) is 0 Å². The van der Waals surface area contributed by atoms with Crippen molar-refractivity contribution in [3.05, 3.63) is 22.8 Å². The van der Waals surface area contributed by atoms with Crippen LogP contribution in [0.1, 0.15) is 49.5 Å². The molecule has 0 radical (unpaired) electrons. The van der Waals surface area contributed by atoms with E-state index >= 15 is 0 Å². The first-order chi connectivity index (χ1) is 10.1. The van der Waals surface area contributed by atoms with Gasteiger partial charge in [-0.05, 0) is 36.8 Å². The standard InChI is InChI=1S/C16H24ClN3O/c1-11-4-3-5-12(10-11)8-9-19-16(21)15-13(17)6-7-14(18-2)20-15/h6-7,11-12H,3-5,8-10H2,1-2H3,(H,18,20)(H,19,21). The van der Waals surface area contributed by atoms with Crippen molar-refractivity contribution < 1.29 is 4.79 Å². The molecule has 21 heavy (non-hydrogen) atoms. The molecule has 1 aromatic heterocycles. The van der Waals surface area contributed by atoms with Crippen molar-refractivity contribution in [3.63, 3.8) is 0 Å². The van der Waals surface area contributed by atoms with Crippen molar-refractivity contribution in [1.29, 1.82) is 0 Å². The average Bonchev–Trinajstić information content (AvgIpc) is 2.47. The van der Waals surface area contributed by atoms with E-state index in [-0.39, 0.29) is 5.91 Å². The first-order valence-corrected chi connectivity index (χ1v) is 8.10. The van der Waals surface area contributed by atoms with Crippen LogP contribution in [0.5, 0.6) is 0 Å². The van der Waals surface area contributed by atoms with Gasteiger partial charge in [-0.25, -0.2) is 4.98 Å². The second kappa shape index (κ2) is 7.64. The van der Waals surface area contributed by atoms with E-state index < -0.39 is 0 Å². The summed E-state index contributed by atoms with van der Waals surface area (Å²) in [4.78, 5) is 16.4. The predicted molar refractivity (Wildman–Crippen MR) is 86.9 cm³/mol. The number of carbonyl (C=O) groups is 1. The molecule has 1 amide bonds. The summed E-state index contributed by atoms with van der Waals surface area (Å²) in [5, 5.41) is 6.24. The number of aromatic nitrogens is 1. The molecule has 0 aliphatic heterocycles. The zero-order valence-electron chi connectivity index (χ0n) is 12.8. The number of nitrogens with zero attached hydrogens (tertiary/aromatic N) is 1. The van der Waals surface area contributed by atoms with E-state index in [1.807, 2.05) is 0 Å². The van der Waals surface area contributed by atoms with Crippen molar-refractivity contribution in [2.24, 2.45) is 11.8 Å². The fraction of sp³-hybridized carbons (Fsp3) is 0.625. The Morgan fingerprint density at radius 1 is 1.43 bits per heavy atom. The van der Waals surface area contributed by atoms with Gasteiger partial charge in [0.1, 0.15) is 11.5 Å². The maximum atomic E-state index is 12.2. The first-order valence-electron chi connectivity index (χ1n) is 7.72. The highest BCUT2D eigenvalue weighted by Gasteiger charge is 2.19. The normalized spacial score (nSPS) is 21.9. The molecule has 0 bridgehead atoms. The minimum Gasteiger partial charge on any atom is -0.373 e. The Kier molecular flexibility index (Phi) is 5.85. The summed E-state index contributed by atoms with van der Waals surface area (Å²) < 4.78 is 0. The number of anilines is 1. The van der Waals surface area contributed by atoms with Crippen molar-refractivity contribution in [2.45, 2.75) is 39.0 Å². The van der Waals surface area contributed by atoms with E-state index in [0.29, 0.717) is 23.1 Å². The first kappa shape index (κ1) is 16.1. The highest BCUT2D eigenvalue weighted by Crippen LogP contribution is 2.30. The molecule has 2 unspecified atom stereocenters. The van der Waals surface area contributed by atoms with Gasteiger partial charge in [0.2, 0.25) is 0 Å². The summed E-state index contributed by atoms with van der Waals surface area (Å²) >= 11 is 6.04. The van der Waals surface area contributed by atoms with Gasteiger partial charge in [0.25, 0.3) is 5.91 Å². The molecule has 5 heteroatoms. The van der Waals surface area contributed by atoms with Crippen molar-refractivity contribution >= 4 is 23.3 Å². The van der Waals surface area contributed by atoms with Crippen molar-refractivity contribution in [1.82, 2.24) is 10.3 Å². The van der Waals surface area contributed by atoms with Gasteiger partial charge in [0.15, 0.2) is 0 Å². The Hall–Kier alpha value is -1.29. The largest absolute Gasteiger partial charge is 0.373 e. The second-order valence-electron chi connectivity index (χ2n) is 5.96. The van der Waals surface area contributed by atoms with Gasteiger partial charge in [-0.15, -0.1) is 0 Å². The van der Waals surface area contributed by atoms with Crippen LogP contribution in [0.15, 0.2) is 12.1 Å². The number of carbonyl (C=O) groups excluding carboxylic acids is 1. The number of hydrogen-bond acceptors (Lipinski definition) is 3. The molecular formula is C16H24ClN3O. The van der Waals surface area contributed by atoms with Crippen molar-refractivity contribution in [3.8, 4) is 0 Å². The van der Waals surface area contributed by atoms with Gasteiger partial charge in [0, 0.05) is 13.6 Å². The zero-order valence-corrected chi connectivity index (χ0v) is 13.5. The van der Waals surface area contributed by atoms with Gasteiger partial charge >= 0.3 is 0 Å². The lowest BCUT2D eigenvalue weighted by molar-refractivity contribution is 0.0945. The molecule has 1 aliphatic carbocycles. The molecule has 1 aromatic rings. The third-order valence-electron chi connectivity index (χ3n) is 4.20. The summed E-state index contributed by atoms with van der Waals surface area (Å²) in [6.07, 6.45) is 6.27. The second-order valence-corrected chi connectivity index (χ2v) is 6.37. The molecule has 4 nitrogen and oxygen atoms in total. The lowest BCUT2D eigenvalue weighted by Crippen LogP contribution is -2.28. The number of halogens is 1. The number of nitrogens with one attached hydrogen (secondary N) is 2. The Bertz CT molecular complexity index is 492. The number of pyridine rings is 1. The van der Waals surface area contributed by atoms with Crippen LogP contribution in [0.4, 0.5) is 5.82 Å². The minimum atomic E-state index is -0.194. The molecule has 2 atom stereocenters. The topological polar surface area (TPSA) is 54.0 Å². The number of rotatable bonds is 5. The fourth-order valence-electron chi connectivity index (χ4n) is 3.04. The Labute approximate surface area is 131 Å². The molecule has 0 saturated heterocycles. The zero-order chi connectivity index (χ0) is 15.2. The quantitative estimate of drug-likeness (QED) is 0.871. The highest BCUT2D eigenvalue weighted by atomic mass is 35.5.